The Morgan fingerprint density at radius 2 is 2.22 bits per heavy atom. The minimum Gasteiger partial charge on any atom is -0.300 e. The quantitative estimate of drug-likeness (QED) is 0.486. The Balaban J connectivity index is 0.000000640. The van der Waals surface area contributed by atoms with Crippen LogP contribution in [0.3, 0.4) is 0 Å². The molecular weight excluding hydrogens is 110 g/mol. The lowest BCUT2D eigenvalue weighted by atomic mass is 10.0. The van der Waals surface area contributed by atoms with Crippen LogP contribution in [0.2, 0.25) is 0 Å². The molecule has 1 nitrogen and oxygen atoms in total. The first kappa shape index (κ1) is 8.70. The van der Waals surface area contributed by atoms with E-state index in [1.165, 1.54) is 13.0 Å². The van der Waals surface area contributed by atoms with Crippen molar-refractivity contribution in [1.29, 1.82) is 0 Å². The van der Waals surface area contributed by atoms with E-state index in [0.717, 1.165) is 6.04 Å². The van der Waals surface area contributed by atoms with Gasteiger partial charge < -0.3 is 0 Å². The van der Waals surface area contributed by atoms with Crippen molar-refractivity contribution in [3.05, 3.63) is 12.2 Å². The molecule has 1 heteroatoms. The van der Waals surface area contributed by atoms with Gasteiger partial charge in [0.1, 0.15) is 0 Å². The highest BCUT2D eigenvalue weighted by Gasteiger charge is 2.19. The molecule has 0 spiro atoms. The topological polar surface area (TPSA) is 3.24 Å². The molecule has 9 heavy (non-hydrogen) atoms. The molecule has 1 aliphatic rings. The van der Waals surface area contributed by atoms with Gasteiger partial charge in [-0.15, -0.1) is 0 Å². The Kier molecular flexibility index (Phi) is 3.55. The van der Waals surface area contributed by atoms with E-state index >= 15 is 0 Å². The number of likely N-dealkylation sites (tertiary alicyclic amines) is 1. The van der Waals surface area contributed by atoms with Crippen molar-refractivity contribution in [2.45, 2.75) is 26.8 Å². The fourth-order valence-corrected chi connectivity index (χ4v) is 1.00. The molecule has 0 bridgehead atoms. The van der Waals surface area contributed by atoms with Crippen molar-refractivity contribution in [3.8, 4) is 0 Å². The number of hydrogen-bond donors (Lipinski definition) is 0. The van der Waals surface area contributed by atoms with Gasteiger partial charge in [0.15, 0.2) is 0 Å². The van der Waals surface area contributed by atoms with Crippen molar-refractivity contribution in [1.82, 2.24) is 4.90 Å². The smallest absolute Gasteiger partial charge is 0.0287 e. The maximum absolute atomic E-state index is 2.35. The summed E-state index contributed by atoms with van der Waals surface area (Å²) in [6, 6.07) is 0.750. The van der Waals surface area contributed by atoms with Crippen LogP contribution in [-0.2, 0) is 0 Å². The summed E-state index contributed by atoms with van der Waals surface area (Å²) in [5, 5.41) is 0. The van der Waals surface area contributed by atoms with Gasteiger partial charge in [-0.3, -0.25) is 4.90 Å². The first-order valence-corrected chi connectivity index (χ1v) is 3.17. The van der Waals surface area contributed by atoms with Crippen molar-refractivity contribution in [2.24, 2.45) is 0 Å². The highest BCUT2D eigenvalue weighted by atomic mass is 15.2. The second-order valence-electron chi connectivity index (χ2n) is 2.36. The standard InChI is InChI=1S/C7H13N.CH4/c1-3-4-7-5-6-8(7)2;/h3-4,7H,5-6H2,1-2H3;1H4. The van der Waals surface area contributed by atoms with Crippen LogP contribution >= 0.6 is 0 Å². The van der Waals surface area contributed by atoms with Gasteiger partial charge in [-0.05, 0) is 20.4 Å². The molecule has 1 aliphatic heterocycles. The molecule has 1 unspecified atom stereocenters. The maximum Gasteiger partial charge on any atom is 0.0287 e. The summed E-state index contributed by atoms with van der Waals surface area (Å²) in [6.45, 7) is 3.35. The van der Waals surface area contributed by atoms with E-state index in [-0.39, 0.29) is 7.43 Å². The molecule has 0 radical (unpaired) electrons. The van der Waals surface area contributed by atoms with Crippen molar-refractivity contribution in [2.75, 3.05) is 13.6 Å². The summed E-state index contributed by atoms with van der Waals surface area (Å²) in [4.78, 5) is 2.35. The molecule has 1 rings (SSSR count). The minimum absolute atomic E-state index is 0. The van der Waals surface area contributed by atoms with Crippen LogP contribution in [0.4, 0.5) is 0 Å². The third-order valence-electron chi connectivity index (χ3n) is 1.76. The molecule has 1 fully saturated rings. The van der Waals surface area contributed by atoms with E-state index < -0.39 is 0 Å². The van der Waals surface area contributed by atoms with Crippen LogP contribution < -0.4 is 0 Å². The fraction of sp³-hybridized carbons (Fsp3) is 0.750. The lowest BCUT2D eigenvalue weighted by Gasteiger charge is -2.35. The lowest BCUT2D eigenvalue weighted by Crippen LogP contribution is -2.42. The zero-order chi connectivity index (χ0) is 5.98. The van der Waals surface area contributed by atoms with E-state index in [4.69, 9.17) is 0 Å². The Bertz CT molecular complexity index is 96.7. The molecule has 0 aromatic rings. The molecule has 0 aliphatic carbocycles. The van der Waals surface area contributed by atoms with Gasteiger partial charge >= 0.3 is 0 Å². The molecule has 1 atom stereocenters. The van der Waals surface area contributed by atoms with E-state index in [0.29, 0.717) is 0 Å². The van der Waals surface area contributed by atoms with Gasteiger partial charge in [0.25, 0.3) is 0 Å². The van der Waals surface area contributed by atoms with Crippen molar-refractivity contribution >= 4 is 0 Å². The summed E-state index contributed by atoms with van der Waals surface area (Å²) in [5.41, 5.74) is 0. The fourth-order valence-electron chi connectivity index (χ4n) is 1.00. The first-order valence-electron chi connectivity index (χ1n) is 3.17. The van der Waals surface area contributed by atoms with E-state index in [2.05, 4.69) is 31.0 Å². The van der Waals surface area contributed by atoms with Gasteiger partial charge in [0.2, 0.25) is 0 Å². The SMILES string of the molecule is C.CC=CC1CCN1C. The Morgan fingerprint density at radius 1 is 1.56 bits per heavy atom. The highest BCUT2D eigenvalue weighted by molar-refractivity contribution is 4.97. The zero-order valence-corrected chi connectivity index (χ0v) is 5.59. The summed E-state index contributed by atoms with van der Waals surface area (Å²) in [6.07, 6.45) is 5.73. The molecule has 54 valence electrons. The average molecular weight is 127 g/mol. The largest absolute Gasteiger partial charge is 0.300 e. The highest BCUT2D eigenvalue weighted by Crippen LogP contribution is 2.14. The predicted octanol–water partition coefficient (Wildman–Crippen LogP) is 1.90. The average Bonchev–Trinajstić information content (AvgIpc) is 1.79. The second kappa shape index (κ2) is 3.67. The zero-order valence-electron chi connectivity index (χ0n) is 5.59. The Labute approximate surface area is 58.4 Å². The number of rotatable bonds is 1. The molecule has 1 saturated heterocycles. The predicted molar refractivity (Wildman–Crippen MR) is 42.6 cm³/mol. The summed E-state index contributed by atoms with van der Waals surface area (Å²) >= 11 is 0. The van der Waals surface area contributed by atoms with E-state index in [1.54, 1.807) is 0 Å². The number of likely N-dealkylation sites (N-methyl/N-ethyl adjacent to an activating group) is 1. The molecule has 0 amide bonds. The molecule has 0 aromatic carbocycles. The van der Waals surface area contributed by atoms with Crippen LogP contribution in [-0.4, -0.2) is 24.5 Å². The number of allylic oxidation sites excluding steroid dienone is 1. The Hall–Kier alpha value is -0.300. The van der Waals surface area contributed by atoms with Crippen LogP contribution in [0.15, 0.2) is 12.2 Å². The Morgan fingerprint density at radius 3 is 2.33 bits per heavy atom. The van der Waals surface area contributed by atoms with Gasteiger partial charge in [0, 0.05) is 12.6 Å². The first-order chi connectivity index (χ1) is 3.84. The molecular formula is C8H17N. The lowest BCUT2D eigenvalue weighted by molar-refractivity contribution is 0.166. The van der Waals surface area contributed by atoms with Gasteiger partial charge in [-0.25, -0.2) is 0 Å². The van der Waals surface area contributed by atoms with Gasteiger partial charge in [-0.1, -0.05) is 19.6 Å². The van der Waals surface area contributed by atoms with Crippen LogP contribution in [0, 0.1) is 0 Å². The minimum atomic E-state index is 0. The molecule has 1 heterocycles. The molecule has 0 saturated carbocycles. The van der Waals surface area contributed by atoms with E-state index in [1.807, 2.05) is 0 Å². The molecule has 0 aromatic heterocycles. The van der Waals surface area contributed by atoms with Crippen LogP contribution in [0.5, 0.6) is 0 Å². The third kappa shape index (κ3) is 1.83. The van der Waals surface area contributed by atoms with Gasteiger partial charge in [-0.2, -0.15) is 0 Å². The normalized spacial score (nSPS) is 27.6. The number of nitrogens with zero attached hydrogens (tertiary/aromatic N) is 1. The van der Waals surface area contributed by atoms with Crippen LogP contribution in [0.1, 0.15) is 20.8 Å². The van der Waals surface area contributed by atoms with E-state index in [9.17, 15) is 0 Å². The summed E-state index contributed by atoms with van der Waals surface area (Å²) in [7, 11) is 2.16. The molecule has 0 N–H and O–H groups in total. The summed E-state index contributed by atoms with van der Waals surface area (Å²) in [5.74, 6) is 0. The second-order valence-corrected chi connectivity index (χ2v) is 2.36. The monoisotopic (exact) mass is 127 g/mol. The maximum atomic E-state index is 2.35. The summed E-state index contributed by atoms with van der Waals surface area (Å²) < 4.78 is 0. The van der Waals surface area contributed by atoms with Crippen molar-refractivity contribution in [3.63, 3.8) is 0 Å². The van der Waals surface area contributed by atoms with Crippen molar-refractivity contribution < 1.29 is 0 Å². The number of hydrogen-bond acceptors (Lipinski definition) is 1. The van der Waals surface area contributed by atoms with Crippen LogP contribution in [0.25, 0.3) is 0 Å². The third-order valence-corrected chi connectivity index (χ3v) is 1.76. The van der Waals surface area contributed by atoms with Gasteiger partial charge in [0.05, 0.1) is 0 Å².